The van der Waals surface area contributed by atoms with Gasteiger partial charge in [0.25, 0.3) is 0 Å². The van der Waals surface area contributed by atoms with E-state index in [4.69, 9.17) is 4.42 Å². The fourth-order valence-corrected chi connectivity index (χ4v) is 1.34. The van der Waals surface area contributed by atoms with E-state index in [2.05, 4.69) is 20.9 Å². The van der Waals surface area contributed by atoms with Crippen molar-refractivity contribution >= 4 is 15.9 Å². The first-order valence-electron chi connectivity index (χ1n) is 3.94. The van der Waals surface area contributed by atoms with E-state index >= 15 is 0 Å². The van der Waals surface area contributed by atoms with Crippen LogP contribution in [-0.2, 0) is 0 Å². The Balaban J connectivity index is 2.41. The predicted octanol–water partition coefficient (Wildman–Crippen LogP) is 3.41. The molecule has 2 aromatic rings. The fourth-order valence-electron chi connectivity index (χ4n) is 1.08. The molecule has 0 aliphatic carbocycles. The number of nitrogens with zero attached hydrogens (tertiary/aromatic N) is 1. The summed E-state index contributed by atoms with van der Waals surface area (Å²) in [7, 11) is 0. The van der Waals surface area contributed by atoms with Gasteiger partial charge in [0.05, 0.1) is 5.69 Å². The Hall–Kier alpha value is -1.09. The first-order valence-corrected chi connectivity index (χ1v) is 4.73. The number of benzene rings is 1. The van der Waals surface area contributed by atoms with E-state index in [9.17, 15) is 0 Å². The summed E-state index contributed by atoms with van der Waals surface area (Å²) in [6.07, 6.45) is 1.65. The quantitative estimate of drug-likeness (QED) is 0.760. The molecule has 1 aromatic heterocycles. The van der Waals surface area contributed by atoms with Gasteiger partial charge in [0.2, 0.25) is 5.89 Å². The highest BCUT2D eigenvalue weighted by atomic mass is 79.9. The molecule has 1 aromatic carbocycles. The van der Waals surface area contributed by atoms with Gasteiger partial charge in [0.15, 0.2) is 0 Å². The van der Waals surface area contributed by atoms with Gasteiger partial charge in [-0.1, -0.05) is 15.9 Å². The number of rotatable bonds is 1. The number of hydrogen-bond acceptors (Lipinski definition) is 2. The van der Waals surface area contributed by atoms with E-state index in [0.717, 1.165) is 15.7 Å². The molecule has 66 valence electrons. The van der Waals surface area contributed by atoms with Crippen molar-refractivity contribution < 1.29 is 4.42 Å². The molecule has 0 radical (unpaired) electrons. The van der Waals surface area contributed by atoms with Crippen molar-refractivity contribution in [3.63, 3.8) is 0 Å². The molecule has 0 N–H and O–H groups in total. The van der Waals surface area contributed by atoms with Crippen LogP contribution in [0.15, 0.2) is 39.4 Å². The first kappa shape index (κ1) is 8.51. The Morgan fingerprint density at radius 3 is 2.46 bits per heavy atom. The van der Waals surface area contributed by atoms with Gasteiger partial charge in [-0.3, -0.25) is 0 Å². The lowest BCUT2D eigenvalue weighted by Crippen LogP contribution is -1.76. The van der Waals surface area contributed by atoms with Crippen LogP contribution in [0.25, 0.3) is 11.5 Å². The lowest BCUT2D eigenvalue weighted by molar-refractivity contribution is 0.573. The van der Waals surface area contributed by atoms with Gasteiger partial charge < -0.3 is 4.42 Å². The Morgan fingerprint density at radius 1 is 1.23 bits per heavy atom. The lowest BCUT2D eigenvalue weighted by Gasteiger charge is -1.94. The Morgan fingerprint density at radius 2 is 1.92 bits per heavy atom. The first-order chi connectivity index (χ1) is 6.25. The van der Waals surface area contributed by atoms with Crippen LogP contribution >= 0.6 is 15.9 Å². The summed E-state index contributed by atoms with van der Waals surface area (Å²) in [5.41, 5.74) is 1.90. The molecule has 1 heterocycles. The van der Waals surface area contributed by atoms with Gasteiger partial charge in [-0.15, -0.1) is 0 Å². The zero-order chi connectivity index (χ0) is 9.26. The van der Waals surface area contributed by atoms with Gasteiger partial charge in [-0.2, -0.15) is 0 Å². The van der Waals surface area contributed by atoms with E-state index in [0.29, 0.717) is 5.89 Å². The third kappa shape index (κ3) is 1.80. The second kappa shape index (κ2) is 3.34. The van der Waals surface area contributed by atoms with Crippen molar-refractivity contribution in [3.05, 3.63) is 40.7 Å². The minimum Gasteiger partial charge on any atom is -0.444 e. The summed E-state index contributed by atoms with van der Waals surface area (Å²) in [5.74, 6) is 0.671. The Bertz CT molecular complexity index is 405. The largest absolute Gasteiger partial charge is 0.444 e. The van der Waals surface area contributed by atoms with Crippen LogP contribution in [0, 0.1) is 6.92 Å². The number of aromatic nitrogens is 1. The highest BCUT2D eigenvalue weighted by molar-refractivity contribution is 9.10. The molecule has 3 heteroatoms. The Kier molecular flexibility index (Phi) is 2.19. The number of aryl methyl sites for hydroxylation is 1. The zero-order valence-corrected chi connectivity index (χ0v) is 8.71. The maximum atomic E-state index is 5.26. The van der Waals surface area contributed by atoms with Gasteiger partial charge >= 0.3 is 0 Å². The maximum Gasteiger partial charge on any atom is 0.226 e. The molecular weight excluding hydrogens is 230 g/mol. The van der Waals surface area contributed by atoms with E-state index in [1.807, 2.05) is 31.2 Å². The normalized spacial score (nSPS) is 10.3. The minimum absolute atomic E-state index is 0.671. The summed E-state index contributed by atoms with van der Waals surface area (Å²) in [5, 5.41) is 0. The molecule has 0 bridgehead atoms. The maximum absolute atomic E-state index is 5.26. The zero-order valence-electron chi connectivity index (χ0n) is 7.12. The van der Waals surface area contributed by atoms with Crippen molar-refractivity contribution in [2.75, 3.05) is 0 Å². The van der Waals surface area contributed by atoms with E-state index in [1.54, 1.807) is 6.26 Å². The average Bonchev–Trinajstić information content (AvgIpc) is 2.53. The summed E-state index contributed by atoms with van der Waals surface area (Å²) < 4.78 is 6.32. The van der Waals surface area contributed by atoms with Crippen LogP contribution in [0.4, 0.5) is 0 Å². The standard InChI is InChI=1S/C10H8BrNO/c1-7-6-13-10(12-7)8-2-4-9(11)5-3-8/h2-6H,1H3. The molecule has 0 saturated heterocycles. The molecule has 0 aliphatic rings. The number of hydrogen-bond donors (Lipinski definition) is 0. The van der Waals surface area contributed by atoms with Gasteiger partial charge in [0, 0.05) is 10.0 Å². The van der Waals surface area contributed by atoms with Gasteiger partial charge in [-0.25, -0.2) is 4.98 Å². The van der Waals surface area contributed by atoms with Crippen molar-refractivity contribution in [1.82, 2.24) is 4.98 Å². The molecule has 0 saturated carbocycles. The molecule has 0 fully saturated rings. The van der Waals surface area contributed by atoms with Crippen LogP contribution in [0.2, 0.25) is 0 Å². The van der Waals surface area contributed by atoms with Crippen molar-refractivity contribution in [2.45, 2.75) is 6.92 Å². The third-order valence-corrected chi connectivity index (χ3v) is 2.24. The monoisotopic (exact) mass is 237 g/mol. The average molecular weight is 238 g/mol. The Labute approximate surface area is 84.7 Å². The molecule has 2 rings (SSSR count). The summed E-state index contributed by atoms with van der Waals surface area (Å²) in [6.45, 7) is 1.91. The highest BCUT2D eigenvalue weighted by Gasteiger charge is 2.02. The summed E-state index contributed by atoms with van der Waals surface area (Å²) in [6, 6.07) is 7.87. The SMILES string of the molecule is Cc1coc(-c2ccc(Br)cc2)n1. The predicted molar refractivity (Wildman–Crippen MR) is 54.4 cm³/mol. The van der Waals surface area contributed by atoms with Gasteiger partial charge in [-0.05, 0) is 31.2 Å². The van der Waals surface area contributed by atoms with Crippen LogP contribution in [-0.4, -0.2) is 4.98 Å². The van der Waals surface area contributed by atoms with E-state index in [-0.39, 0.29) is 0 Å². The molecule has 0 amide bonds. The second-order valence-corrected chi connectivity index (χ2v) is 3.72. The second-order valence-electron chi connectivity index (χ2n) is 2.80. The fraction of sp³-hybridized carbons (Fsp3) is 0.100. The van der Waals surface area contributed by atoms with Crippen LogP contribution in [0.3, 0.4) is 0 Å². The lowest BCUT2D eigenvalue weighted by atomic mass is 10.2. The summed E-state index contributed by atoms with van der Waals surface area (Å²) >= 11 is 3.37. The topological polar surface area (TPSA) is 26.0 Å². The van der Waals surface area contributed by atoms with Gasteiger partial charge in [0.1, 0.15) is 6.26 Å². The highest BCUT2D eigenvalue weighted by Crippen LogP contribution is 2.20. The molecular formula is C10H8BrNO. The number of oxazole rings is 1. The van der Waals surface area contributed by atoms with E-state index in [1.165, 1.54) is 0 Å². The van der Waals surface area contributed by atoms with Crippen LogP contribution in [0.1, 0.15) is 5.69 Å². The minimum atomic E-state index is 0.671. The van der Waals surface area contributed by atoms with E-state index < -0.39 is 0 Å². The molecule has 0 atom stereocenters. The van der Waals surface area contributed by atoms with Crippen LogP contribution < -0.4 is 0 Å². The van der Waals surface area contributed by atoms with Crippen molar-refractivity contribution in [1.29, 1.82) is 0 Å². The molecule has 0 aliphatic heterocycles. The molecule has 2 nitrogen and oxygen atoms in total. The molecule has 0 unspecified atom stereocenters. The number of halogens is 1. The molecule has 13 heavy (non-hydrogen) atoms. The smallest absolute Gasteiger partial charge is 0.226 e. The molecule has 0 spiro atoms. The van der Waals surface area contributed by atoms with Crippen molar-refractivity contribution in [2.24, 2.45) is 0 Å². The summed E-state index contributed by atoms with van der Waals surface area (Å²) in [4.78, 5) is 4.23. The third-order valence-electron chi connectivity index (χ3n) is 1.71. The van der Waals surface area contributed by atoms with Crippen molar-refractivity contribution in [3.8, 4) is 11.5 Å². The van der Waals surface area contributed by atoms with Crippen LogP contribution in [0.5, 0.6) is 0 Å².